The lowest BCUT2D eigenvalue weighted by Gasteiger charge is -2.41. The van der Waals surface area contributed by atoms with Crippen molar-refractivity contribution >= 4 is 28.9 Å². The highest BCUT2D eigenvalue weighted by Gasteiger charge is 2.40. The maximum atomic E-state index is 15.0. The molecule has 2 N–H and O–H groups in total. The molecule has 3 aromatic carbocycles. The van der Waals surface area contributed by atoms with Crippen molar-refractivity contribution in [3.63, 3.8) is 0 Å². The van der Waals surface area contributed by atoms with Crippen LogP contribution in [-0.2, 0) is 4.79 Å². The van der Waals surface area contributed by atoms with Crippen molar-refractivity contribution in [2.45, 2.75) is 77.3 Å². The number of amides is 2. The Balaban J connectivity index is 1.30. The predicted octanol–water partition coefficient (Wildman–Crippen LogP) is 7.63. The maximum Gasteiger partial charge on any atom is 0.257 e. The van der Waals surface area contributed by atoms with Gasteiger partial charge in [-0.3, -0.25) is 9.59 Å². The van der Waals surface area contributed by atoms with Gasteiger partial charge in [0, 0.05) is 42.7 Å². The van der Waals surface area contributed by atoms with Gasteiger partial charge in [0.2, 0.25) is 5.91 Å². The third kappa shape index (κ3) is 6.27. The second-order valence-corrected chi connectivity index (χ2v) is 12.6. The summed E-state index contributed by atoms with van der Waals surface area (Å²) in [6.07, 6.45) is 8.53. The Morgan fingerprint density at radius 2 is 1.51 bits per heavy atom. The molecule has 2 saturated heterocycles. The van der Waals surface area contributed by atoms with Crippen LogP contribution in [0, 0.1) is 25.6 Å². The molecule has 1 unspecified atom stereocenters. The average molecular weight is 583 g/mol. The minimum Gasteiger partial charge on any atom is -0.382 e. The van der Waals surface area contributed by atoms with Crippen LogP contribution in [0.3, 0.4) is 0 Å². The molecule has 2 atom stereocenters. The predicted molar refractivity (Wildman–Crippen MR) is 171 cm³/mol. The molecule has 2 aliphatic heterocycles. The number of piperidine rings is 1. The van der Waals surface area contributed by atoms with Crippen molar-refractivity contribution < 1.29 is 14.0 Å². The number of likely N-dealkylation sites (tertiary alicyclic amines) is 1. The van der Waals surface area contributed by atoms with E-state index in [1.54, 1.807) is 24.0 Å². The summed E-state index contributed by atoms with van der Waals surface area (Å²) in [5.74, 6) is -1.48. The van der Waals surface area contributed by atoms with Crippen LogP contribution in [0.5, 0.6) is 0 Å². The van der Waals surface area contributed by atoms with Crippen LogP contribution in [0.15, 0.2) is 60.7 Å². The molecule has 2 heterocycles. The lowest BCUT2D eigenvalue weighted by atomic mass is 9.83. The molecule has 1 saturated carbocycles. The van der Waals surface area contributed by atoms with Crippen LogP contribution < -0.4 is 15.5 Å². The summed E-state index contributed by atoms with van der Waals surface area (Å²) in [5, 5.41) is 6.83. The molecule has 226 valence electrons. The Morgan fingerprint density at radius 3 is 2.23 bits per heavy atom. The van der Waals surface area contributed by atoms with Gasteiger partial charge in [-0.15, -0.1) is 0 Å². The van der Waals surface area contributed by atoms with E-state index in [9.17, 15) is 9.59 Å². The molecule has 43 heavy (non-hydrogen) atoms. The minimum atomic E-state index is -0.527. The monoisotopic (exact) mass is 582 g/mol. The van der Waals surface area contributed by atoms with Crippen LogP contribution in [0.25, 0.3) is 0 Å². The van der Waals surface area contributed by atoms with E-state index in [1.165, 1.54) is 50.2 Å². The van der Waals surface area contributed by atoms with Crippen molar-refractivity contribution in [1.29, 1.82) is 0 Å². The van der Waals surface area contributed by atoms with Crippen LogP contribution in [0.1, 0.15) is 84.5 Å². The highest BCUT2D eigenvalue weighted by molar-refractivity contribution is 5.98. The van der Waals surface area contributed by atoms with E-state index in [2.05, 4.69) is 46.7 Å². The van der Waals surface area contributed by atoms with Crippen molar-refractivity contribution in [3.8, 4) is 0 Å². The lowest BCUT2D eigenvalue weighted by molar-refractivity contribution is -0.123. The van der Waals surface area contributed by atoms with Crippen LogP contribution in [0.2, 0.25) is 0 Å². The number of rotatable bonds is 7. The van der Waals surface area contributed by atoms with E-state index in [1.807, 2.05) is 18.2 Å². The zero-order valence-corrected chi connectivity index (χ0v) is 25.4. The van der Waals surface area contributed by atoms with Gasteiger partial charge in [-0.25, -0.2) is 4.39 Å². The molecule has 7 heteroatoms. The van der Waals surface area contributed by atoms with Gasteiger partial charge < -0.3 is 20.4 Å². The first-order valence-corrected chi connectivity index (χ1v) is 16.0. The SMILES string of the molecule is Cc1ccc(NC(=O)C2CCCN(C(=O)c3c(C)cccc3F)[C@H]2c2ccc(NC3CCCC3)cc2)cc1N1CCCC1. The van der Waals surface area contributed by atoms with E-state index >= 15 is 4.39 Å². The molecule has 3 aromatic rings. The molecule has 0 bridgehead atoms. The molecule has 0 radical (unpaired) electrons. The van der Waals surface area contributed by atoms with Gasteiger partial charge in [0.1, 0.15) is 5.82 Å². The zero-order valence-electron chi connectivity index (χ0n) is 25.4. The highest BCUT2D eigenvalue weighted by Crippen LogP contribution is 2.39. The molecule has 0 spiro atoms. The van der Waals surface area contributed by atoms with Gasteiger partial charge in [0.05, 0.1) is 17.5 Å². The number of nitrogens with zero attached hydrogens (tertiary/aromatic N) is 2. The molecule has 1 aliphatic carbocycles. The first-order chi connectivity index (χ1) is 20.9. The molecular weight excluding hydrogens is 539 g/mol. The lowest BCUT2D eigenvalue weighted by Crippen LogP contribution is -2.46. The number of halogens is 1. The van der Waals surface area contributed by atoms with Gasteiger partial charge in [-0.1, -0.05) is 43.2 Å². The fourth-order valence-electron chi connectivity index (χ4n) is 7.26. The first kappa shape index (κ1) is 29.2. The summed E-state index contributed by atoms with van der Waals surface area (Å²) in [5.41, 5.74) is 5.74. The van der Waals surface area contributed by atoms with E-state index in [4.69, 9.17) is 0 Å². The number of hydrogen-bond acceptors (Lipinski definition) is 4. The third-order valence-corrected chi connectivity index (χ3v) is 9.57. The maximum absolute atomic E-state index is 15.0. The average Bonchev–Trinajstić information content (AvgIpc) is 3.73. The summed E-state index contributed by atoms with van der Waals surface area (Å²) < 4.78 is 15.0. The van der Waals surface area contributed by atoms with Crippen molar-refractivity contribution in [2.75, 3.05) is 35.2 Å². The molecule has 0 aromatic heterocycles. The van der Waals surface area contributed by atoms with Crippen LogP contribution >= 0.6 is 0 Å². The normalized spacial score (nSPS) is 20.8. The number of hydrogen-bond donors (Lipinski definition) is 2. The van der Waals surface area contributed by atoms with Crippen molar-refractivity contribution in [2.24, 2.45) is 5.92 Å². The fourth-order valence-corrected chi connectivity index (χ4v) is 7.26. The van der Waals surface area contributed by atoms with Crippen molar-refractivity contribution in [3.05, 3.63) is 88.7 Å². The zero-order chi connectivity index (χ0) is 29.9. The number of carbonyl (C=O) groups is 2. The summed E-state index contributed by atoms with van der Waals surface area (Å²) in [7, 11) is 0. The summed E-state index contributed by atoms with van der Waals surface area (Å²) in [6, 6.07) is 19.0. The number of nitrogens with one attached hydrogen (secondary N) is 2. The van der Waals surface area contributed by atoms with Crippen molar-refractivity contribution in [1.82, 2.24) is 4.90 Å². The molecule has 6 nitrogen and oxygen atoms in total. The third-order valence-electron chi connectivity index (χ3n) is 9.57. The Labute approximate surface area is 254 Å². The quantitative estimate of drug-likeness (QED) is 0.301. The first-order valence-electron chi connectivity index (χ1n) is 16.0. The Hall–Kier alpha value is -3.87. The molecule has 3 aliphatic rings. The summed E-state index contributed by atoms with van der Waals surface area (Å²) in [4.78, 5) is 32.2. The minimum absolute atomic E-state index is 0.0851. The summed E-state index contributed by atoms with van der Waals surface area (Å²) in [6.45, 7) is 6.39. The second kappa shape index (κ2) is 12.8. The molecular formula is C36H43FN4O2. The standard InChI is InChI=1S/C36H43FN4O2/c1-24-14-17-29(23-32(24)40-20-5-6-21-40)39-35(42)30-12-8-22-41(36(43)33-25(2)9-7-13-31(33)37)34(30)26-15-18-28(19-16-26)38-27-10-3-4-11-27/h7,9,13-19,23,27,30,34,38H,3-6,8,10-12,20-22H2,1-2H3,(H,39,42)/t30?,34-/m0/s1. The topological polar surface area (TPSA) is 64.7 Å². The largest absolute Gasteiger partial charge is 0.382 e. The molecule has 3 fully saturated rings. The Morgan fingerprint density at radius 1 is 0.791 bits per heavy atom. The smallest absolute Gasteiger partial charge is 0.257 e. The van der Waals surface area contributed by atoms with E-state index in [0.717, 1.165) is 35.7 Å². The number of aryl methyl sites for hydroxylation is 2. The Kier molecular flexibility index (Phi) is 8.68. The van der Waals surface area contributed by atoms with Gasteiger partial charge in [0.15, 0.2) is 0 Å². The van der Waals surface area contributed by atoms with Gasteiger partial charge >= 0.3 is 0 Å². The summed E-state index contributed by atoms with van der Waals surface area (Å²) >= 11 is 0. The number of benzene rings is 3. The highest BCUT2D eigenvalue weighted by atomic mass is 19.1. The Bertz CT molecular complexity index is 1440. The number of carbonyl (C=O) groups excluding carboxylic acids is 2. The molecule has 6 rings (SSSR count). The van der Waals surface area contributed by atoms with Gasteiger partial charge in [-0.05, 0) is 99.4 Å². The fraction of sp³-hybridized carbons (Fsp3) is 0.444. The number of anilines is 3. The second-order valence-electron chi connectivity index (χ2n) is 12.6. The molecule has 2 amide bonds. The van der Waals surface area contributed by atoms with E-state index in [0.29, 0.717) is 31.0 Å². The van der Waals surface area contributed by atoms with E-state index < -0.39 is 17.8 Å². The van der Waals surface area contributed by atoms with E-state index in [-0.39, 0.29) is 17.4 Å². The van der Waals surface area contributed by atoms with Gasteiger partial charge in [-0.2, -0.15) is 0 Å². The van der Waals surface area contributed by atoms with Gasteiger partial charge in [0.25, 0.3) is 5.91 Å². The van der Waals surface area contributed by atoms with Crippen LogP contribution in [-0.4, -0.2) is 42.4 Å². The van der Waals surface area contributed by atoms with Crippen LogP contribution in [0.4, 0.5) is 21.5 Å².